The average Bonchev–Trinajstić information content (AvgIpc) is 2.85. The zero-order valence-corrected chi connectivity index (χ0v) is 14.4. The fourth-order valence-electron chi connectivity index (χ4n) is 3.66. The molecular formula is C18H17F2NO3S. The van der Waals surface area contributed by atoms with Crippen molar-refractivity contribution in [3.8, 4) is 5.75 Å². The van der Waals surface area contributed by atoms with Crippen LogP contribution >= 0.6 is 0 Å². The second kappa shape index (κ2) is 5.51. The summed E-state index contributed by atoms with van der Waals surface area (Å²) in [4.78, 5) is -0.445. The van der Waals surface area contributed by atoms with Gasteiger partial charge in [-0.3, -0.25) is 0 Å². The van der Waals surface area contributed by atoms with Crippen LogP contribution in [0.1, 0.15) is 18.9 Å². The normalized spacial score (nSPS) is 25.2. The molecule has 1 saturated heterocycles. The van der Waals surface area contributed by atoms with Crippen LogP contribution < -0.4 is 10.1 Å². The average molecular weight is 365 g/mol. The first-order valence-corrected chi connectivity index (χ1v) is 9.52. The lowest BCUT2D eigenvalue weighted by molar-refractivity contribution is 0.123. The van der Waals surface area contributed by atoms with Gasteiger partial charge in [0.05, 0.1) is 9.79 Å². The SMILES string of the molecule is CC12CCNCC1Oc1cc(S(=O)(=O)c3cc(F)cc(F)c3)ccc12. The topological polar surface area (TPSA) is 55.4 Å². The minimum atomic E-state index is -4.03. The highest BCUT2D eigenvalue weighted by atomic mass is 32.2. The Morgan fingerprint density at radius 1 is 1.12 bits per heavy atom. The van der Waals surface area contributed by atoms with E-state index in [4.69, 9.17) is 4.74 Å². The molecule has 4 nitrogen and oxygen atoms in total. The van der Waals surface area contributed by atoms with Gasteiger partial charge in [-0.25, -0.2) is 17.2 Å². The Morgan fingerprint density at radius 3 is 2.56 bits per heavy atom. The highest BCUT2D eigenvalue weighted by molar-refractivity contribution is 7.91. The molecule has 2 aromatic carbocycles. The number of sulfone groups is 1. The molecule has 2 aliphatic heterocycles. The summed E-state index contributed by atoms with van der Waals surface area (Å²) in [6.45, 7) is 3.68. The lowest BCUT2D eigenvalue weighted by Crippen LogP contribution is -2.49. The zero-order valence-electron chi connectivity index (χ0n) is 13.6. The second-order valence-corrected chi connectivity index (χ2v) is 8.69. The Hall–Kier alpha value is -1.99. The molecule has 0 bridgehead atoms. The van der Waals surface area contributed by atoms with Crippen molar-refractivity contribution in [3.05, 3.63) is 53.6 Å². The van der Waals surface area contributed by atoms with E-state index in [1.54, 1.807) is 6.07 Å². The van der Waals surface area contributed by atoms with Crippen molar-refractivity contribution in [2.75, 3.05) is 13.1 Å². The molecule has 25 heavy (non-hydrogen) atoms. The lowest BCUT2D eigenvalue weighted by atomic mass is 9.74. The Labute approximate surface area is 144 Å². The van der Waals surface area contributed by atoms with E-state index in [0.29, 0.717) is 18.4 Å². The molecular weight excluding hydrogens is 348 g/mol. The summed E-state index contributed by atoms with van der Waals surface area (Å²) < 4.78 is 58.2. The van der Waals surface area contributed by atoms with Crippen molar-refractivity contribution in [1.29, 1.82) is 0 Å². The van der Waals surface area contributed by atoms with Gasteiger partial charge in [0.2, 0.25) is 9.84 Å². The fourth-order valence-corrected chi connectivity index (χ4v) is 4.98. The fraction of sp³-hybridized carbons (Fsp3) is 0.333. The molecule has 0 aromatic heterocycles. The van der Waals surface area contributed by atoms with Crippen LogP contribution in [0.2, 0.25) is 0 Å². The van der Waals surface area contributed by atoms with Crippen LogP contribution in [0.5, 0.6) is 5.75 Å². The van der Waals surface area contributed by atoms with Gasteiger partial charge in [0.15, 0.2) is 0 Å². The maximum Gasteiger partial charge on any atom is 0.206 e. The molecule has 0 spiro atoms. The van der Waals surface area contributed by atoms with Crippen molar-refractivity contribution in [2.24, 2.45) is 0 Å². The van der Waals surface area contributed by atoms with E-state index in [1.807, 2.05) is 0 Å². The summed E-state index contributed by atoms with van der Waals surface area (Å²) >= 11 is 0. The van der Waals surface area contributed by atoms with Crippen LogP contribution in [0.25, 0.3) is 0 Å². The van der Waals surface area contributed by atoms with Crippen molar-refractivity contribution in [1.82, 2.24) is 5.32 Å². The first-order valence-electron chi connectivity index (χ1n) is 8.04. The van der Waals surface area contributed by atoms with Crippen LogP contribution in [-0.4, -0.2) is 27.6 Å². The minimum Gasteiger partial charge on any atom is -0.488 e. The molecule has 4 rings (SSSR count). The largest absolute Gasteiger partial charge is 0.488 e. The second-order valence-electron chi connectivity index (χ2n) is 6.74. The van der Waals surface area contributed by atoms with Crippen molar-refractivity contribution < 1.29 is 21.9 Å². The number of hydrogen-bond donors (Lipinski definition) is 1. The number of nitrogens with one attached hydrogen (secondary N) is 1. The predicted octanol–water partition coefficient (Wildman–Crippen LogP) is 2.81. The number of halogens is 2. The number of benzene rings is 2. The lowest BCUT2D eigenvalue weighted by Gasteiger charge is -2.35. The highest BCUT2D eigenvalue weighted by Crippen LogP contribution is 2.47. The summed E-state index contributed by atoms with van der Waals surface area (Å²) in [7, 11) is -4.03. The Kier molecular flexibility index (Phi) is 3.63. The minimum absolute atomic E-state index is 0.0357. The van der Waals surface area contributed by atoms with Gasteiger partial charge in [-0.15, -0.1) is 0 Å². The molecule has 132 valence electrons. The third kappa shape index (κ3) is 2.53. The van der Waals surface area contributed by atoms with Crippen LogP contribution in [0.4, 0.5) is 8.78 Å². The molecule has 2 unspecified atom stereocenters. The first kappa shape index (κ1) is 16.5. The molecule has 2 aromatic rings. The van der Waals surface area contributed by atoms with E-state index in [1.165, 1.54) is 12.1 Å². The third-order valence-electron chi connectivity index (χ3n) is 5.16. The maximum absolute atomic E-state index is 13.4. The molecule has 0 saturated carbocycles. The first-order chi connectivity index (χ1) is 11.8. The van der Waals surface area contributed by atoms with E-state index >= 15 is 0 Å². The van der Waals surface area contributed by atoms with Gasteiger partial charge in [-0.05, 0) is 37.2 Å². The third-order valence-corrected chi connectivity index (χ3v) is 6.89. The van der Waals surface area contributed by atoms with Crippen LogP contribution in [0, 0.1) is 11.6 Å². The van der Waals surface area contributed by atoms with Gasteiger partial charge >= 0.3 is 0 Å². The predicted molar refractivity (Wildman–Crippen MR) is 87.5 cm³/mol. The smallest absolute Gasteiger partial charge is 0.206 e. The van der Waals surface area contributed by atoms with Gasteiger partial charge in [-0.1, -0.05) is 13.0 Å². The molecule has 2 aliphatic rings. The quantitative estimate of drug-likeness (QED) is 0.889. The van der Waals surface area contributed by atoms with E-state index in [2.05, 4.69) is 12.2 Å². The van der Waals surface area contributed by atoms with Gasteiger partial charge in [-0.2, -0.15) is 0 Å². The molecule has 1 N–H and O–H groups in total. The Morgan fingerprint density at radius 2 is 1.84 bits per heavy atom. The van der Waals surface area contributed by atoms with Crippen LogP contribution in [-0.2, 0) is 15.3 Å². The molecule has 2 heterocycles. The molecule has 7 heteroatoms. The van der Waals surface area contributed by atoms with E-state index in [0.717, 1.165) is 30.7 Å². The summed E-state index contributed by atoms with van der Waals surface area (Å²) in [5.41, 5.74) is 0.816. The summed E-state index contributed by atoms with van der Waals surface area (Å²) in [5, 5.41) is 3.27. The number of piperidine rings is 1. The Balaban J connectivity index is 1.78. The van der Waals surface area contributed by atoms with Crippen molar-refractivity contribution in [3.63, 3.8) is 0 Å². The summed E-state index contributed by atoms with van der Waals surface area (Å²) in [5.74, 6) is -1.34. The van der Waals surface area contributed by atoms with Crippen LogP contribution in [0.15, 0.2) is 46.2 Å². The monoisotopic (exact) mass is 365 g/mol. The number of ether oxygens (including phenoxy) is 1. The molecule has 1 fully saturated rings. The highest BCUT2D eigenvalue weighted by Gasteiger charge is 2.46. The van der Waals surface area contributed by atoms with Crippen molar-refractivity contribution >= 4 is 9.84 Å². The van der Waals surface area contributed by atoms with Gasteiger partial charge in [0, 0.05) is 23.6 Å². The summed E-state index contributed by atoms with van der Waals surface area (Å²) in [6.07, 6.45) is 0.840. The van der Waals surface area contributed by atoms with Gasteiger partial charge in [0.25, 0.3) is 0 Å². The number of hydrogen-bond acceptors (Lipinski definition) is 4. The number of rotatable bonds is 2. The Bertz CT molecular complexity index is 941. The zero-order chi connectivity index (χ0) is 17.8. The molecule has 2 atom stereocenters. The maximum atomic E-state index is 13.4. The molecule has 0 amide bonds. The van der Waals surface area contributed by atoms with Crippen LogP contribution in [0.3, 0.4) is 0 Å². The van der Waals surface area contributed by atoms with E-state index in [-0.39, 0.29) is 16.4 Å². The number of fused-ring (bicyclic) bond motifs is 3. The van der Waals surface area contributed by atoms with Crippen molar-refractivity contribution in [2.45, 2.75) is 34.7 Å². The van der Waals surface area contributed by atoms with E-state index in [9.17, 15) is 17.2 Å². The molecule has 0 radical (unpaired) electrons. The van der Waals surface area contributed by atoms with Gasteiger partial charge in [0.1, 0.15) is 23.5 Å². The standard InChI is InChI=1S/C18H17F2NO3S/c1-18-4-5-21-10-17(18)24-16-9-13(2-3-15(16)18)25(22,23)14-7-11(19)6-12(20)8-14/h2-3,6-9,17,21H,4-5,10H2,1H3. The van der Waals surface area contributed by atoms with Gasteiger partial charge < -0.3 is 10.1 Å². The summed E-state index contributed by atoms with van der Waals surface area (Å²) in [6, 6.07) is 6.97. The molecule has 0 aliphatic carbocycles. The van der Waals surface area contributed by atoms with E-state index < -0.39 is 26.4 Å².